The largest absolute Gasteiger partial charge is 0.332 e. The van der Waals surface area contributed by atoms with Crippen molar-refractivity contribution >= 4 is 17.2 Å². The van der Waals surface area contributed by atoms with E-state index in [1.165, 1.54) is 12.0 Å². The van der Waals surface area contributed by atoms with E-state index in [4.69, 9.17) is 0 Å². The Morgan fingerprint density at radius 1 is 1.38 bits per heavy atom. The fourth-order valence-corrected chi connectivity index (χ4v) is 4.59. The number of carbonyl (C=O) groups excluding carboxylic acids is 1. The van der Waals surface area contributed by atoms with E-state index in [0.717, 1.165) is 38.9 Å². The molecule has 0 aromatic carbocycles. The van der Waals surface area contributed by atoms with Crippen LogP contribution in [0.2, 0.25) is 0 Å². The molecule has 1 amide bonds. The van der Waals surface area contributed by atoms with Crippen LogP contribution in [0.5, 0.6) is 0 Å². The molecule has 0 N–H and O–H groups in total. The lowest BCUT2D eigenvalue weighted by Gasteiger charge is -2.52. The fourth-order valence-electron chi connectivity index (χ4n) is 3.93. The molecule has 0 unspecified atom stereocenters. The van der Waals surface area contributed by atoms with Gasteiger partial charge >= 0.3 is 0 Å². The third kappa shape index (κ3) is 3.06. The van der Waals surface area contributed by atoms with Gasteiger partial charge in [-0.1, -0.05) is 6.08 Å². The second-order valence-corrected chi connectivity index (χ2v) is 7.10. The van der Waals surface area contributed by atoms with Gasteiger partial charge in [0.1, 0.15) is 0 Å². The normalized spacial score (nSPS) is 27.2. The predicted octanol–water partition coefficient (Wildman–Crippen LogP) is 3.28. The number of hydrogen-bond donors (Lipinski definition) is 0. The van der Waals surface area contributed by atoms with Crippen molar-refractivity contribution in [2.75, 3.05) is 19.6 Å². The summed E-state index contributed by atoms with van der Waals surface area (Å²) in [6, 6.07) is 2.21. The van der Waals surface area contributed by atoms with Crippen molar-refractivity contribution in [3.05, 3.63) is 35.0 Å². The molecule has 3 heterocycles. The maximum atomic E-state index is 12.3. The van der Waals surface area contributed by atoms with Crippen LogP contribution in [-0.2, 0) is 11.3 Å². The van der Waals surface area contributed by atoms with Crippen LogP contribution >= 0.6 is 11.3 Å². The summed E-state index contributed by atoms with van der Waals surface area (Å²) >= 11 is 1.76. The summed E-state index contributed by atoms with van der Waals surface area (Å²) in [5.41, 5.74) is 1.45. The molecular formula is C17H24N2OS. The maximum Gasteiger partial charge on any atom is 0.223 e. The Kier molecular flexibility index (Phi) is 4.45. The summed E-state index contributed by atoms with van der Waals surface area (Å²) in [5, 5.41) is 4.37. The van der Waals surface area contributed by atoms with E-state index in [1.54, 1.807) is 11.3 Å². The second kappa shape index (κ2) is 6.32. The monoisotopic (exact) mass is 304 g/mol. The van der Waals surface area contributed by atoms with Gasteiger partial charge in [0.15, 0.2) is 0 Å². The Morgan fingerprint density at radius 3 is 3.00 bits per heavy atom. The molecule has 1 atom stereocenters. The van der Waals surface area contributed by atoms with Crippen molar-refractivity contribution in [2.24, 2.45) is 0 Å². The molecule has 0 saturated carbocycles. The highest BCUT2D eigenvalue weighted by atomic mass is 32.1. The fraction of sp³-hybridized carbons (Fsp3) is 0.588. The molecule has 3 rings (SSSR count). The number of nitrogens with zero attached hydrogens (tertiary/aromatic N) is 2. The highest BCUT2D eigenvalue weighted by Crippen LogP contribution is 2.37. The van der Waals surface area contributed by atoms with Gasteiger partial charge in [-0.15, -0.1) is 6.58 Å². The second-order valence-electron chi connectivity index (χ2n) is 6.32. The predicted molar refractivity (Wildman–Crippen MR) is 87.3 cm³/mol. The van der Waals surface area contributed by atoms with E-state index in [2.05, 4.69) is 33.2 Å². The summed E-state index contributed by atoms with van der Waals surface area (Å²) in [4.78, 5) is 17.0. The summed E-state index contributed by atoms with van der Waals surface area (Å²) in [5.74, 6) is 0.318. The number of piperidine rings is 2. The highest BCUT2D eigenvalue weighted by Gasteiger charge is 2.44. The summed E-state index contributed by atoms with van der Waals surface area (Å²) < 4.78 is 0. The minimum absolute atomic E-state index is 0.0534. The zero-order chi connectivity index (χ0) is 14.7. The van der Waals surface area contributed by atoms with Crippen LogP contribution in [0.1, 0.15) is 37.7 Å². The van der Waals surface area contributed by atoms with E-state index in [1.807, 2.05) is 6.08 Å². The lowest BCUT2D eigenvalue weighted by Crippen LogP contribution is -2.62. The number of likely N-dealkylation sites (tertiary alicyclic amines) is 2. The van der Waals surface area contributed by atoms with Gasteiger partial charge in [0.2, 0.25) is 5.91 Å². The van der Waals surface area contributed by atoms with Crippen molar-refractivity contribution in [1.82, 2.24) is 9.80 Å². The average Bonchev–Trinajstić information content (AvgIpc) is 2.96. The van der Waals surface area contributed by atoms with Crippen LogP contribution in [0.15, 0.2) is 29.5 Å². The molecular weight excluding hydrogens is 280 g/mol. The molecule has 1 aromatic heterocycles. The van der Waals surface area contributed by atoms with Crippen molar-refractivity contribution in [2.45, 2.75) is 44.2 Å². The first-order valence-corrected chi connectivity index (χ1v) is 8.83. The topological polar surface area (TPSA) is 23.6 Å². The first kappa shape index (κ1) is 14.8. The molecule has 0 aliphatic carbocycles. The van der Waals surface area contributed by atoms with E-state index >= 15 is 0 Å². The lowest BCUT2D eigenvalue weighted by molar-refractivity contribution is -0.144. The minimum Gasteiger partial charge on any atom is -0.332 e. The number of thiophene rings is 1. The van der Waals surface area contributed by atoms with Crippen LogP contribution in [0.25, 0.3) is 0 Å². The summed E-state index contributed by atoms with van der Waals surface area (Å²) in [6.07, 6.45) is 7.10. The van der Waals surface area contributed by atoms with Gasteiger partial charge in [-0.05, 0) is 54.6 Å². The molecule has 2 aliphatic rings. The SMILES string of the molecule is C=CCN1C(=O)CCC[C@@]12CCCN(Cc1ccsc1)C2. The Bertz CT molecular complexity index is 495. The summed E-state index contributed by atoms with van der Waals surface area (Å²) in [7, 11) is 0. The molecule has 1 aromatic rings. The Balaban J connectivity index is 1.75. The van der Waals surface area contributed by atoms with Crippen molar-refractivity contribution in [1.29, 1.82) is 0 Å². The van der Waals surface area contributed by atoms with Gasteiger partial charge in [-0.25, -0.2) is 0 Å². The standard InChI is InChI=1S/C17H24N2OS/c1-2-9-19-16(20)5-3-7-17(19)8-4-10-18(14-17)12-15-6-11-21-13-15/h2,6,11,13H,1,3-5,7-10,12,14H2/t17-/m0/s1. The zero-order valence-electron chi connectivity index (χ0n) is 12.6. The highest BCUT2D eigenvalue weighted by molar-refractivity contribution is 7.07. The van der Waals surface area contributed by atoms with Gasteiger partial charge in [-0.3, -0.25) is 9.69 Å². The van der Waals surface area contributed by atoms with E-state index in [-0.39, 0.29) is 5.54 Å². The minimum atomic E-state index is 0.0534. The van der Waals surface area contributed by atoms with Gasteiger partial charge in [0, 0.05) is 26.1 Å². The first-order valence-electron chi connectivity index (χ1n) is 7.88. The Hall–Kier alpha value is -1.13. The van der Waals surface area contributed by atoms with Crippen LogP contribution in [-0.4, -0.2) is 40.9 Å². The van der Waals surface area contributed by atoms with Gasteiger partial charge in [0.25, 0.3) is 0 Å². The number of rotatable bonds is 4. The van der Waals surface area contributed by atoms with E-state index in [9.17, 15) is 4.79 Å². The molecule has 2 saturated heterocycles. The molecule has 21 heavy (non-hydrogen) atoms. The van der Waals surface area contributed by atoms with Crippen LogP contribution < -0.4 is 0 Å². The average molecular weight is 304 g/mol. The molecule has 2 fully saturated rings. The van der Waals surface area contributed by atoms with Crippen LogP contribution in [0.4, 0.5) is 0 Å². The van der Waals surface area contributed by atoms with Crippen molar-refractivity contribution in [3.63, 3.8) is 0 Å². The number of hydrogen-bond acceptors (Lipinski definition) is 3. The molecule has 0 bridgehead atoms. The molecule has 1 spiro atoms. The first-order chi connectivity index (χ1) is 10.2. The van der Waals surface area contributed by atoms with Crippen LogP contribution in [0.3, 0.4) is 0 Å². The van der Waals surface area contributed by atoms with Gasteiger partial charge in [0.05, 0.1) is 5.54 Å². The van der Waals surface area contributed by atoms with Crippen molar-refractivity contribution < 1.29 is 4.79 Å². The maximum absolute atomic E-state index is 12.3. The summed E-state index contributed by atoms with van der Waals surface area (Å²) in [6.45, 7) is 7.72. The molecule has 0 radical (unpaired) electrons. The number of amides is 1. The third-order valence-electron chi connectivity index (χ3n) is 4.84. The Labute approximate surface area is 131 Å². The van der Waals surface area contributed by atoms with Crippen molar-refractivity contribution in [3.8, 4) is 0 Å². The van der Waals surface area contributed by atoms with E-state index < -0.39 is 0 Å². The quantitative estimate of drug-likeness (QED) is 0.797. The molecule has 2 aliphatic heterocycles. The van der Waals surface area contributed by atoms with Gasteiger partial charge in [-0.2, -0.15) is 11.3 Å². The smallest absolute Gasteiger partial charge is 0.223 e. The van der Waals surface area contributed by atoms with E-state index in [0.29, 0.717) is 18.9 Å². The number of carbonyl (C=O) groups is 1. The van der Waals surface area contributed by atoms with Crippen LogP contribution in [0, 0.1) is 0 Å². The zero-order valence-corrected chi connectivity index (χ0v) is 13.4. The Morgan fingerprint density at radius 2 is 2.24 bits per heavy atom. The molecule has 3 nitrogen and oxygen atoms in total. The third-order valence-corrected chi connectivity index (χ3v) is 5.57. The lowest BCUT2D eigenvalue weighted by atomic mass is 9.79. The molecule has 114 valence electrons. The molecule has 4 heteroatoms. The van der Waals surface area contributed by atoms with Gasteiger partial charge < -0.3 is 4.90 Å².